The highest BCUT2D eigenvalue weighted by molar-refractivity contribution is 5.18. The zero-order chi connectivity index (χ0) is 31.5. The molecule has 7 heteroatoms. The van der Waals surface area contributed by atoms with Crippen molar-refractivity contribution in [2.75, 3.05) is 6.61 Å². The lowest BCUT2D eigenvalue weighted by molar-refractivity contribution is -0.303. The molecule has 1 heterocycles. The monoisotopic (exact) mass is 614 g/mol. The summed E-state index contributed by atoms with van der Waals surface area (Å²) in [5.41, 5.74) is 3.30. The maximum Gasteiger partial charge on any atom is 0.297 e. The Labute approximate surface area is 264 Å². The van der Waals surface area contributed by atoms with Crippen LogP contribution in [-0.2, 0) is 50.1 Å². The second-order valence-electron chi connectivity index (χ2n) is 11.3. The second-order valence-corrected chi connectivity index (χ2v) is 11.3. The van der Waals surface area contributed by atoms with Crippen LogP contribution in [0.1, 0.15) is 29.2 Å². The Morgan fingerprint density at radius 2 is 0.978 bits per heavy atom. The number of halogens is 2. The fourth-order valence-corrected chi connectivity index (χ4v) is 5.32. The van der Waals surface area contributed by atoms with E-state index in [2.05, 4.69) is 6.58 Å². The van der Waals surface area contributed by atoms with E-state index >= 15 is 8.78 Å². The standard InChI is InChI=1S/C38H40F2O5/c1-28(2)38(39,40)37-36(44-26-32-21-13-6-14-22-32)35(43-25-31-19-11-5-12-20-31)34(42-24-30-17-9-4-10-18-30)33(45-37)27-41-23-29-15-7-3-8-16-29/h3-22,33-37H,1,23-27H2,2H3/t33-,34+,35+,36-,37-/m1/s1. The largest absolute Gasteiger partial charge is 0.374 e. The Morgan fingerprint density at radius 3 is 1.40 bits per heavy atom. The third-order valence-corrected chi connectivity index (χ3v) is 7.81. The molecule has 0 saturated carbocycles. The quantitative estimate of drug-likeness (QED) is 0.127. The van der Waals surface area contributed by atoms with Gasteiger partial charge in [-0.3, -0.25) is 0 Å². The topological polar surface area (TPSA) is 46.2 Å². The molecule has 1 saturated heterocycles. The number of ether oxygens (including phenoxy) is 5. The van der Waals surface area contributed by atoms with E-state index in [9.17, 15) is 0 Å². The molecule has 5 nitrogen and oxygen atoms in total. The molecule has 0 radical (unpaired) electrons. The smallest absolute Gasteiger partial charge is 0.297 e. The first kappa shape index (κ1) is 32.7. The van der Waals surface area contributed by atoms with Gasteiger partial charge in [0.05, 0.1) is 33.0 Å². The van der Waals surface area contributed by atoms with Crippen LogP contribution < -0.4 is 0 Å². The average molecular weight is 615 g/mol. The molecule has 45 heavy (non-hydrogen) atoms. The number of hydrogen-bond acceptors (Lipinski definition) is 5. The van der Waals surface area contributed by atoms with Gasteiger partial charge in [0.2, 0.25) is 0 Å². The molecule has 0 N–H and O–H groups in total. The van der Waals surface area contributed by atoms with Gasteiger partial charge in [0.25, 0.3) is 5.92 Å². The van der Waals surface area contributed by atoms with Gasteiger partial charge < -0.3 is 23.7 Å². The van der Waals surface area contributed by atoms with Gasteiger partial charge in [0, 0.05) is 0 Å². The van der Waals surface area contributed by atoms with Gasteiger partial charge in [-0.25, -0.2) is 0 Å². The van der Waals surface area contributed by atoms with Crippen LogP contribution in [-0.4, -0.2) is 43.0 Å². The van der Waals surface area contributed by atoms with Crippen LogP contribution in [0.4, 0.5) is 8.78 Å². The highest BCUT2D eigenvalue weighted by atomic mass is 19.3. The molecular formula is C38H40F2O5. The lowest BCUT2D eigenvalue weighted by Crippen LogP contribution is -2.65. The first-order valence-electron chi connectivity index (χ1n) is 15.2. The van der Waals surface area contributed by atoms with Crippen LogP contribution in [0.3, 0.4) is 0 Å². The van der Waals surface area contributed by atoms with E-state index in [4.69, 9.17) is 23.7 Å². The van der Waals surface area contributed by atoms with E-state index in [0.29, 0.717) is 0 Å². The van der Waals surface area contributed by atoms with Crippen molar-refractivity contribution in [3.05, 3.63) is 156 Å². The van der Waals surface area contributed by atoms with Crippen LogP contribution in [0.2, 0.25) is 0 Å². The molecule has 0 bridgehead atoms. The molecule has 4 aromatic carbocycles. The van der Waals surface area contributed by atoms with E-state index in [-0.39, 0.29) is 38.6 Å². The summed E-state index contributed by atoms with van der Waals surface area (Å²) in [7, 11) is 0. The molecule has 236 valence electrons. The summed E-state index contributed by atoms with van der Waals surface area (Å²) in [4.78, 5) is 0. The fourth-order valence-electron chi connectivity index (χ4n) is 5.32. The molecule has 1 aliphatic rings. The highest BCUT2D eigenvalue weighted by Gasteiger charge is 2.57. The van der Waals surface area contributed by atoms with Crippen molar-refractivity contribution in [2.45, 2.75) is 69.8 Å². The summed E-state index contributed by atoms with van der Waals surface area (Å²) in [6, 6.07) is 38.4. The van der Waals surface area contributed by atoms with Gasteiger partial charge in [-0.1, -0.05) is 128 Å². The molecule has 5 rings (SSSR count). The van der Waals surface area contributed by atoms with E-state index in [1.807, 2.05) is 121 Å². The van der Waals surface area contributed by atoms with Crippen molar-refractivity contribution < 1.29 is 32.5 Å². The zero-order valence-electron chi connectivity index (χ0n) is 25.5. The fraction of sp³-hybridized carbons (Fsp3) is 0.316. The summed E-state index contributed by atoms with van der Waals surface area (Å²) in [6.45, 7) is 5.69. The minimum atomic E-state index is -3.42. The van der Waals surface area contributed by atoms with Gasteiger partial charge in [-0.15, -0.1) is 0 Å². The molecule has 1 fully saturated rings. The Balaban J connectivity index is 1.48. The van der Waals surface area contributed by atoms with Crippen molar-refractivity contribution in [2.24, 2.45) is 0 Å². The lowest BCUT2D eigenvalue weighted by atomic mass is 9.89. The number of rotatable bonds is 15. The summed E-state index contributed by atoms with van der Waals surface area (Å²) in [6.07, 6.45) is -5.48. The van der Waals surface area contributed by atoms with Crippen molar-refractivity contribution in [3.8, 4) is 0 Å². The maximum absolute atomic E-state index is 16.0. The second kappa shape index (κ2) is 16.0. The van der Waals surface area contributed by atoms with E-state index < -0.39 is 36.4 Å². The summed E-state index contributed by atoms with van der Waals surface area (Å²) in [5.74, 6) is -3.42. The Bertz CT molecular complexity index is 1440. The van der Waals surface area contributed by atoms with E-state index in [0.717, 1.165) is 22.3 Å². The van der Waals surface area contributed by atoms with Crippen LogP contribution in [0.15, 0.2) is 133 Å². The van der Waals surface area contributed by atoms with Crippen molar-refractivity contribution in [1.29, 1.82) is 0 Å². The van der Waals surface area contributed by atoms with Crippen LogP contribution in [0, 0.1) is 0 Å². The molecule has 0 unspecified atom stereocenters. The van der Waals surface area contributed by atoms with Crippen molar-refractivity contribution >= 4 is 0 Å². The number of benzene rings is 4. The number of hydrogen-bond donors (Lipinski definition) is 0. The predicted octanol–water partition coefficient (Wildman–Crippen LogP) is 7.94. The summed E-state index contributed by atoms with van der Waals surface area (Å²) >= 11 is 0. The molecule has 0 spiro atoms. The Morgan fingerprint density at radius 1 is 0.600 bits per heavy atom. The normalized spacial score (nSPS) is 21.8. The van der Waals surface area contributed by atoms with Crippen LogP contribution in [0.25, 0.3) is 0 Å². The van der Waals surface area contributed by atoms with Crippen LogP contribution in [0.5, 0.6) is 0 Å². The molecular weight excluding hydrogens is 574 g/mol. The van der Waals surface area contributed by atoms with Gasteiger partial charge in [-0.05, 0) is 34.8 Å². The minimum Gasteiger partial charge on any atom is -0.374 e. The van der Waals surface area contributed by atoms with Gasteiger partial charge in [0.15, 0.2) is 6.10 Å². The van der Waals surface area contributed by atoms with E-state index in [1.54, 1.807) is 0 Å². The third kappa shape index (κ3) is 8.93. The van der Waals surface area contributed by atoms with Crippen molar-refractivity contribution in [1.82, 2.24) is 0 Å². The Kier molecular flexibility index (Phi) is 11.6. The highest BCUT2D eigenvalue weighted by Crippen LogP contribution is 2.40. The molecule has 0 aliphatic carbocycles. The van der Waals surface area contributed by atoms with E-state index in [1.165, 1.54) is 6.92 Å². The first-order valence-corrected chi connectivity index (χ1v) is 15.2. The Hall–Kier alpha value is -3.72. The molecule has 0 aromatic heterocycles. The predicted molar refractivity (Wildman–Crippen MR) is 170 cm³/mol. The van der Waals surface area contributed by atoms with Crippen molar-refractivity contribution in [3.63, 3.8) is 0 Å². The molecule has 1 aliphatic heterocycles. The summed E-state index contributed by atoms with van der Waals surface area (Å²) < 4.78 is 63.8. The number of alkyl halides is 2. The lowest BCUT2D eigenvalue weighted by Gasteiger charge is -2.48. The third-order valence-electron chi connectivity index (χ3n) is 7.81. The van der Waals surface area contributed by atoms with Crippen LogP contribution >= 0.6 is 0 Å². The maximum atomic E-state index is 16.0. The molecule has 4 aromatic rings. The zero-order valence-corrected chi connectivity index (χ0v) is 25.5. The average Bonchev–Trinajstić information content (AvgIpc) is 3.07. The molecule has 0 amide bonds. The SMILES string of the molecule is C=C(C)C(F)(F)[C@@H]1O[C@H](COCc2ccccc2)[C@H](OCc2ccccc2)[C@H](OCc2ccccc2)[C@H]1OCc1ccccc1. The van der Waals surface area contributed by atoms with Gasteiger partial charge in [0.1, 0.15) is 24.4 Å². The van der Waals surface area contributed by atoms with Gasteiger partial charge in [-0.2, -0.15) is 8.78 Å². The first-order chi connectivity index (χ1) is 21.9. The molecule has 5 atom stereocenters. The summed E-state index contributed by atoms with van der Waals surface area (Å²) in [5, 5.41) is 0. The van der Waals surface area contributed by atoms with Gasteiger partial charge >= 0.3 is 0 Å². The minimum absolute atomic E-state index is 0.00766.